The molecule has 84 valence electrons. The summed E-state index contributed by atoms with van der Waals surface area (Å²) in [6.07, 6.45) is 3.21. The third-order valence-electron chi connectivity index (χ3n) is 3.04. The summed E-state index contributed by atoms with van der Waals surface area (Å²) < 4.78 is 0. The van der Waals surface area contributed by atoms with Gasteiger partial charge in [-0.25, -0.2) is 0 Å². The predicted octanol–water partition coefficient (Wildman–Crippen LogP) is 4.05. The molecule has 1 heterocycles. The van der Waals surface area contributed by atoms with Crippen molar-refractivity contribution in [1.29, 1.82) is 0 Å². The van der Waals surface area contributed by atoms with Crippen LogP contribution in [0.15, 0.2) is 36.4 Å². The Kier molecular flexibility index (Phi) is 2.45. The molecule has 0 saturated heterocycles. The summed E-state index contributed by atoms with van der Waals surface area (Å²) in [4.78, 5) is 13.3. The molecule has 0 unspecified atom stereocenters. The van der Waals surface area contributed by atoms with Crippen molar-refractivity contribution in [2.75, 3.05) is 0 Å². The molecule has 0 N–H and O–H groups in total. The molecule has 0 saturated carbocycles. The molecule has 1 aromatic carbocycles. The van der Waals surface area contributed by atoms with E-state index in [1.165, 1.54) is 21.6 Å². The first-order chi connectivity index (χ1) is 8.24. The fourth-order valence-corrected chi connectivity index (χ4v) is 3.05. The van der Waals surface area contributed by atoms with Gasteiger partial charge in [0.2, 0.25) is 0 Å². The van der Waals surface area contributed by atoms with Crippen molar-refractivity contribution in [3.8, 4) is 0 Å². The van der Waals surface area contributed by atoms with Crippen molar-refractivity contribution >= 4 is 28.8 Å². The number of hydrogen-bond donors (Lipinski definition) is 0. The zero-order valence-corrected chi connectivity index (χ0v) is 10.4. The zero-order valence-electron chi connectivity index (χ0n) is 9.57. The Morgan fingerprint density at radius 3 is 2.71 bits per heavy atom. The van der Waals surface area contributed by atoms with Crippen LogP contribution in [0, 0.1) is 0 Å². The second kappa shape index (κ2) is 3.97. The molecule has 3 rings (SSSR count). The number of rotatable bonds is 2. The lowest BCUT2D eigenvalue weighted by atomic mass is 10.1. The smallest absolute Gasteiger partial charge is 0.169 e. The number of benzene rings is 1. The fraction of sp³-hybridized carbons (Fsp3) is 0.133. The van der Waals surface area contributed by atoms with E-state index in [0.29, 0.717) is 0 Å². The lowest BCUT2D eigenvalue weighted by Crippen LogP contribution is -1.84. The van der Waals surface area contributed by atoms with Crippen LogP contribution in [0.4, 0.5) is 0 Å². The second-order valence-corrected chi connectivity index (χ2v) is 5.35. The van der Waals surface area contributed by atoms with Crippen LogP contribution >= 0.6 is 11.3 Å². The van der Waals surface area contributed by atoms with Crippen LogP contribution in [0.1, 0.15) is 32.6 Å². The van der Waals surface area contributed by atoms with Gasteiger partial charge in [0.05, 0.1) is 4.88 Å². The van der Waals surface area contributed by atoms with Gasteiger partial charge < -0.3 is 0 Å². The molecule has 17 heavy (non-hydrogen) atoms. The highest BCUT2D eigenvalue weighted by Crippen LogP contribution is 2.34. The molecule has 1 aromatic heterocycles. The van der Waals surface area contributed by atoms with Crippen LogP contribution in [-0.2, 0) is 6.42 Å². The average molecular weight is 240 g/mol. The Labute approximate surface area is 104 Å². The summed E-state index contributed by atoms with van der Waals surface area (Å²) in [6, 6.07) is 12.4. The topological polar surface area (TPSA) is 17.1 Å². The maximum atomic E-state index is 11.3. The number of Topliss-reactive ketones (excluding diaryl/α,β-unsaturated/α-hetero) is 1. The SMILES string of the molecule is CC(=O)c1ccc(C2=Cc3ccccc3C2)s1. The maximum Gasteiger partial charge on any atom is 0.169 e. The highest BCUT2D eigenvalue weighted by atomic mass is 32.1. The van der Waals surface area contributed by atoms with Crippen LogP contribution in [0.5, 0.6) is 0 Å². The number of thiophene rings is 1. The number of carbonyl (C=O) groups excluding carboxylic acids is 1. The van der Waals surface area contributed by atoms with Gasteiger partial charge in [-0.2, -0.15) is 0 Å². The molecule has 0 amide bonds. The predicted molar refractivity (Wildman–Crippen MR) is 72.3 cm³/mol. The van der Waals surface area contributed by atoms with Crippen LogP contribution < -0.4 is 0 Å². The van der Waals surface area contributed by atoms with Crippen molar-refractivity contribution < 1.29 is 4.79 Å². The molecule has 1 aliphatic carbocycles. The fourth-order valence-electron chi connectivity index (χ4n) is 2.14. The van der Waals surface area contributed by atoms with E-state index in [1.54, 1.807) is 18.3 Å². The van der Waals surface area contributed by atoms with Crippen LogP contribution in [-0.4, -0.2) is 5.78 Å². The summed E-state index contributed by atoms with van der Waals surface area (Å²) >= 11 is 1.59. The zero-order chi connectivity index (χ0) is 11.8. The monoisotopic (exact) mass is 240 g/mol. The van der Waals surface area contributed by atoms with Gasteiger partial charge in [-0.1, -0.05) is 24.3 Å². The minimum atomic E-state index is 0.150. The van der Waals surface area contributed by atoms with E-state index in [2.05, 4.69) is 36.4 Å². The van der Waals surface area contributed by atoms with E-state index < -0.39 is 0 Å². The van der Waals surface area contributed by atoms with Crippen molar-refractivity contribution in [2.24, 2.45) is 0 Å². The minimum Gasteiger partial charge on any atom is -0.294 e. The molecule has 1 aliphatic rings. The standard InChI is InChI=1S/C15H12OS/c1-10(16)14-6-7-15(17-14)13-8-11-4-2-3-5-12(11)9-13/h2-8H,9H2,1H3. The molecule has 0 aliphatic heterocycles. The lowest BCUT2D eigenvalue weighted by Gasteiger charge is -1.97. The summed E-state index contributed by atoms with van der Waals surface area (Å²) in [5.74, 6) is 0.150. The van der Waals surface area contributed by atoms with Gasteiger partial charge in [-0.15, -0.1) is 11.3 Å². The number of allylic oxidation sites excluding steroid dienone is 1. The van der Waals surface area contributed by atoms with Crippen molar-refractivity contribution in [3.05, 3.63) is 57.3 Å². The Morgan fingerprint density at radius 1 is 1.18 bits per heavy atom. The Morgan fingerprint density at radius 2 is 2.00 bits per heavy atom. The maximum absolute atomic E-state index is 11.3. The van der Waals surface area contributed by atoms with E-state index in [4.69, 9.17) is 0 Å². The molecular formula is C15H12OS. The van der Waals surface area contributed by atoms with Crippen LogP contribution in [0.3, 0.4) is 0 Å². The lowest BCUT2D eigenvalue weighted by molar-refractivity contribution is 0.102. The first-order valence-corrected chi connectivity index (χ1v) is 6.45. The van der Waals surface area contributed by atoms with Gasteiger partial charge in [0.25, 0.3) is 0 Å². The molecular weight excluding hydrogens is 228 g/mol. The highest BCUT2D eigenvalue weighted by molar-refractivity contribution is 7.15. The summed E-state index contributed by atoms with van der Waals surface area (Å²) in [6.45, 7) is 1.62. The van der Waals surface area contributed by atoms with Gasteiger partial charge in [0.15, 0.2) is 5.78 Å². The number of carbonyl (C=O) groups is 1. The number of ketones is 1. The molecule has 0 fully saturated rings. The van der Waals surface area contributed by atoms with Crippen molar-refractivity contribution in [1.82, 2.24) is 0 Å². The third-order valence-corrected chi connectivity index (χ3v) is 4.30. The summed E-state index contributed by atoms with van der Waals surface area (Å²) in [5.41, 5.74) is 4.00. The average Bonchev–Trinajstić information content (AvgIpc) is 2.95. The quantitative estimate of drug-likeness (QED) is 0.724. The van der Waals surface area contributed by atoms with Crippen LogP contribution in [0.2, 0.25) is 0 Å². The Hall–Kier alpha value is -1.67. The minimum absolute atomic E-state index is 0.150. The molecule has 0 spiro atoms. The highest BCUT2D eigenvalue weighted by Gasteiger charge is 2.15. The first-order valence-electron chi connectivity index (χ1n) is 5.63. The summed E-state index contributed by atoms with van der Waals surface area (Å²) in [7, 11) is 0. The van der Waals surface area contributed by atoms with E-state index in [0.717, 1.165) is 11.3 Å². The third kappa shape index (κ3) is 1.85. The van der Waals surface area contributed by atoms with E-state index in [9.17, 15) is 4.79 Å². The second-order valence-electron chi connectivity index (χ2n) is 4.27. The van der Waals surface area contributed by atoms with Gasteiger partial charge in [0, 0.05) is 4.88 Å². The largest absolute Gasteiger partial charge is 0.294 e. The van der Waals surface area contributed by atoms with Crippen molar-refractivity contribution in [3.63, 3.8) is 0 Å². The first kappa shape index (κ1) is 10.5. The Bertz CT molecular complexity index is 619. The molecule has 1 nitrogen and oxygen atoms in total. The van der Waals surface area contributed by atoms with E-state index in [1.807, 2.05) is 6.07 Å². The van der Waals surface area contributed by atoms with Crippen LogP contribution in [0.25, 0.3) is 11.6 Å². The van der Waals surface area contributed by atoms with Gasteiger partial charge >= 0.3 is 0 Å². The Balaban J connectivity index is 1.95. The van der Waals surface area contributed by atoms with Gasteiger partial charge in [-0.05, 0) is 48.3 Å². The molecule has 0 atom stereocenters. The molecule has 0 radical (unpaired) electrons. The van der Waals surface area contributed by atoms with Gasteiger partial charge in [-0.3, -0.25) is 4.79 Å². The van der Waals surface area contributed by atoms with E-state index >= 15 is 0 Å². The molecule has 2 heteroatoms. The number of fused-ring (bicyclic) bond motifs is 1. The number of hydrogen-bond acceptors (Lipinski definition) is 2. The van der Waals surface area contributed by atoms with E-state index in [-0.39, 0.29) is 5.78 Å². The summed E-state index contributed by atoms with van der Waals surface area (Å²) in [5, 5.41) is 0. The van der Waals surface area contributed by atoms with Gasteiger partial charge in [0.1, 0.15) is 0 Å². The normalized spacial score (nSPS) is 13.4. The van der Waals surface area contributed by atoms with Crippen molar-refractivity contribution in [2.45, 2.75) is 13.3 Å². The molecule has 2 aromatic rings. The molecule has 0 bridgehead atoms.